The van der Waals surface area contributed by atoms with Crippen LogP contribution in [0.3, 0.4) is 0 Å². The first-order valence-corrected chi connectivity index (χ1v) is 39.7. The van der Waals surface area contributed by atoms with Crippen LogP contribution in [0, 0.1) is 0 Å². The van der Waals surface area contributed by atoms with Crippen LogP contribution < -0.4 is 0 Å². The molecule has 0 bridgehead atoms. The van der Waals surface area contributed by atoms with Gasteiger partial charge in [0.15, 0.2) is 0 Å². The molecule has 3 heterocycles. The fourth-order valence-electron chi connectivity index (χ4n) is 10.7. The second-order valence-electron chi connectivity index (χ2n) is 23.1. The average molecular weight is 1340 g/mol. The summed E-state index contributed by atoms with van der Waals surface area (Å²) < 4.78 is 227. The highest BCUT2D eigenvalue weighted by Gasteiger charge is 2.50. The first kappa shape index (κ1) is 76.4. The summed E-state index contributed by atoms with van der Waals surface area (Å²) in [7, 11) is -29.4. The molecular weight excluding hydrogens is 1240 g/mol. The number of hydrogen-bond acceptors (Lipinski definition) is 24. The standard InChI is InChI=1S/C45H95N7O24S6Si/c1-4-5-6-7-8-9-10-11-25-52(2,3)26-12-27-83(74-43(37-80(65,66)67)31-49-19-13-46(14-20-49)28-40(53)34-77(56,57)58,75-44(38-81(68,69)70)32-50-21-15-47(16-22-50)29-41(54)35-78(59,60)61)76-45(39-82(71,72)73)33-51-23-17-48(18-24-51)30-42(55)36-79(62,63)64/h40-45,53-55H,4-39H2,1-3H3,(H5-,56,57,58,59,60,61,62,63,64,65,66,67,68,69,70,71,72,73)/p+1. The summed E-state index contributed by atoms with van der Waals surface area (Å²) in [6.45, 7) is 3.99. The van der Waals surface area contributed by atoms with Crippen LogP contribution in [-0.2, 0) is 74.0 Å². The maximum atomic E-state index is 13.0. The van der Waals surface area contributed by atoms with Crippen molar-refractivity contribution in [3.8, 4) is 0 Å². The van der Waals surface area contributed by atoms with Gasteiger partial charge in [0.2, 0.25) is 0 Å². The lowest BCUT2D eigenvalue weighted by Gasteiger charge is -2.43. The van der Waals surface area contributed by atoms with E-state index in [4.69, 9.17) is 13.3 Å². The molecule has 3 fully saturated rings. The number of nitrogens with zero attached hydrogens (tertiary/aromatic N) is 7. The van der Waals surface area contributed by atoms with E-state index in [9.17, 15) is 93.1 Å². The van der Waals surface area contributed by atoms with Crippen molar-refractivity contribution < 1.29 is 111 Å². The molecule has 0 aromatic carbocycles. The van der Waals surface area contributed by atoms with E-state index in [1.807, 2.05) is 14.1 Å². The second kappa shape index (κ2) is 34.9. The highest BCUT2D eigenvalue weighted by Crippen LogP contribution is 2.29. The summed E-state index contributed by atoms with van der Waals surface area (Å²) in [4.78, 5) is 10.3. The van der Waals surface area contributed by atoms with Crippen LogP contribution in [0.4, 0.5) is 0 Å². The maximum absolute atomic E-state index is 13.0. The molecule has 0 radical (unpaired) electrons. The van der Waals surface area contributed by atoms with Crippen molar-refractivity contribution in [2.45, 2.75) is 107 Å². The van der Waals surface area contributed by atoms with Crippen molar-refractivity contribution in [1.82, 2.24) is 29.4 Å². The van der Waals surface area contributed by atoms with Gasteiger partial charge in [-0.15, -0.1) is 0 Å². The van der Waals surface area contributed by atoms with Gasteiger partial charge in [-0.25, -0.2) is 0 Å². The third-order valence-corrected chi connectivity index (χ3v) is 22.3. The highest BCUT2D eigenvalue weighted by molar-refractivity contribution is 7.87. The molecule has 0 saturated carbocycles. The lowest BCUT2D eigenvalue weighted by molar-refractivity contribution is -0.890. The van der Waals surface area contributed by atoms with E-state index < -0.39 is 141 Å². The number of hydrogen-bond donors (Lipinski definition) is 9. The number of aliphatic hydroxyl groups excluding tert-OH is 3. The average Bonchev–Trinajstić information content (AvgIpc) is 3.25. The van der Waals surface area contributed by atoms with Crippen LogP contribution in [0.5, 0.6) is 0 Å². The first-order chi connectivity index (χ1) is 38.2. The maximum Gasteiger partial charge on any atom is 0.502 e. The minimum atomic E-state index is -4.96. The summed E-state index contributed by atoms with van der Waals surface area (Å²) in [5.74, 6) is -6.08. The quantitative estimate of drug-likeness (QED) is 0.0127. The molecule has 0 amide bonds. The summed E-state index contributed by atoms with van der Waals surface area (Å²) in [6.07, 6.45) is -0.394. The van der Waals surface area contributed by atoms with Crippen molar-refractivity contribution in [3.05, 3.63) is 0 Å². The molecule has 3 rings (SSSR count). The van der Waals surface area contributed by atoms with E-state index in [2.05, 4.69) is 6.92 Å². The van der Waals surface area contributed by atoms with Gasteiger partial charge in [0, 0.05) is 130 Å². The molecule has 0 aromatic heterocycles. The van der Waals surface area contributed by atoms with Crippen LogP contribution in [0.2, 0.25) is 6.04 Å². The summed E-state index contributed by atoms with van der Waals surface area (Å²) in [5, 5.41) is 31.0. The Balaban J connectivity index is 2.14. The number of quaternary nitrogens is 1. The molecule has 31 nitrogen and oxygen atoms in total. The van der Waals surface area contributed by atoms with Crippen molar-refractivity contribution in [2.24, 2.45) is 0 Å². The Hall–Kier alpha value is -0.843. The van der Waals surface area contributed by atoms with Crippen molar-refractivity contribution in [1.29, 1.82) is 0 Å². The van der Waals surface area contributed by atoms with Crippen LogP contribution in [-0.4, -0.2) is 352 Å². The fourth-order valence-corrected chi connectivity index (χ4v) is 17.9. The molecule has 0 spiro atoms. The van der Waals surface area contributed by atoms with E-state index in [0.717, 1.165) is 44.9 Å². The Labute approximate surface area is 494 Å². The zero-order valence-corrected chi connectivity index (χ0v) is 54.0. The summed E-state index contributed by atoms with van der Waals surface area (Å²) in [6, 6.07) is -0.254. The van der Waals surface area contributed by atoms with Gasteiger partial charge in [0.1, 0.15) is 34.5 Å². The number of β-amino-alcohol motifs (C(OH)–C–C–N with tert-alkyl or cyclic N) is 3. The predicted molar refractivity (Wildman–Crippen MR) is 309 cm³/mol. The Morgan fingerprint density at radius 2 is 0.590 bits per heavy atom. The normalized spacial score (nSPS) is 21.1. The zero-order chi connectivity index (χ0) is 62.5. The molecule has 0 aliphatic carbocycles. The molecule has 494 valence electrons. The van der Waals surface area contributed by atoms with Gasteiger partial charge >= 0.3 is 8.80 Å². The van der Waals surface area contributed by atoms with Gasteiger partial charge in [0.25, 0.3) is 60.7 Å². The van der Waals surface area contributed by atoms with E-state index >= 15 is 0 Å². The zero-order valence-electron chi connectivity index (χ0n) is 48.1. The van der Waals surface area contributed by atoms with Gasteiger partial charge in [-0.3, -0.25) is 56.7 Å². The van der Waals surface area contributed by atoms with Gasteiger partial charge < -0.3 is 33.1 Å². The lowest BCUT2D eigenvalue weighted by Crippen LogP contribution is -2.60. The van der Waals surface area contributed by atoms with Gasteiger partial charge in [0.05, 0.1) is 63.8 Å². The van der Waals surface area contributed by atoms with Crippen LogP contribution in [0.25, 0.3) is 0 Å². The molecule has 3 saturated heterocycles. The summed E-state index contributed by atoms with van der Waals surface area (Å²) >= 11 is 0. The number of rotatable bonds is 43. The third-order valence-electron chi connectivity index (χ3n) is 14.5. The van der Waals surface area contributed by atoms with Crippen molar-refractivity contribution in [3.63, 3.8) is 0 Å². The van der Waals surface area contributed by atoms with Gasteiger partial charge in [-0.1, -0.05) is 45.4 Å². The number of aliphatic hydroxyl groups is 3. The van der Waals surface area contributed by atoms with Crippen LogP contribution in [0.15, 0.2) is 0 Å². The SMILES string of the molecule is CCCCCCCCCC[N+](C)(C)CCC[Si](OC(CN1CCN(CC(O)CS(=O)(=O)O)CC1)CS(=O)(=O)O)(OC(CN1CCN(CC(O)CS(=O)(=O)O)CC1)CS(=O)(=O)O)OC(CN1CCN(CC(O)CS(=O)(=O)O)CC1)CS(=O)(=O)O. The number of unbranched alkanes of at least 4 members (excludes halogenated alkanes) is 7. The first-order valence-electron chi connectivity index (χ1n) is 28.1. The molecular formula is C45H96N7O24S6Si+. The van der Waals surface area contributed by atoms with E-state index in [1.54, 1.807) is 29.4 Å². The Morgan fingerprint density at radius 3 is 0.843 bits per heavy atom. The van der Waals surface area contributed by atoms with Gasteiger partial charge in [-0.2, -0.15) is 50.5 Å². The largest absolute Gasteiger partial charge is 0.502 e. The Morgan fingerprint density at radius 1 is 0.361 bits per heavy atom. The molecule has 9 N–H and O–H groups in total. The van der Waals surface area contributed by atoms with E-state index in [1.165, 1.54) is 6.42 Å². The Kier molecular flexibility index (Phi) is 32.2. The molecule has 6 atom stereocenters. The monoisotopic (exact) mass is 1340 g/mol. The highest BCUT2D eigenvalue weighted by atomic mass is 32.2. The van der Waals surface area contributed by atoms with Crippen molar-refractivity contribution in [2.75, 3.05) is 180 Å². The smallest absolute Gasteiger partial charge is 0.391 e. The molecule has 3 aliphatic rings. The van der Waals surface area contributed by atoms with E-state index in [0.29, 0.717) is 17.6 Å². The fraction of sp³-hybridized carbons (Fsp3) is 1.00. The van der Waals surface area contributed by atoms with E-state index in [-0.39, 0.29) is 130 Å². The van der Waals surface area contributed by atoms with Gasteiger partial charge in [-0.05, 0) is 12.8 Å². The minimum Gasteiger partial charge on any atom is -0.391 e. The van der Waals surface area contributed by atoms with Crippen LogP contribution in [0.1, 0.15) is 64.7 Å². The van der Waals surface area contributed by atoms with Crippen molar-refractivity contribution >= 4 is 69.5 Å². The predicted octanol–water partition coefficient (Wildman–Crippen LogP) is -3.05. The molecule has 3 aliphatic heterocycles. The lowest BCUT2D eigenvalue weighted by atomic mass is 10.1. The molecule has 6 unspecified atom stereocenters. The number of piperazine rings is 3. The molecule has 83 heavy (non-hydrogen) atoms. The third kappa shape index (κ3) is 37.0. The van der Waals surface area contributed by atoms with Crippen LogP contribution >= 0.6 is 0 Å². The topological polar surface area (TPSA) is 434 Å². The Bertz CT molecular complexity index is 2340. The molecule has 38 heteroatoms. The summed E-state index contributed by atoms with van der Waals surface area (Å²) in [5.41, 5.74) is 0. The molecule has 0 aromatic rings. The second-order valence-corrected chi connectivity index (χ2v) is 34.7. The minimum absolute atomic E-state index is 0.148.